The molecule has 2 atom stereocenters. The van der Waals surface area contributed by atoms with Crippen molar-refractivity contribution in [3.63, 3.8) is 0 Å². The SMILES string of the molecule is Cc1c(N2CCCC2CC(N)=O)ccc2nc(N[C@H](C)c3ccccc3)oc(=O)c12. The zero-order valence-electron chi connectivity index (χ0n) is 17.2. The Morgan fingerprint density at radius 3 is 2.80 bits per heavy atom. The van der Waals surface area contributed by atoms with Crippen LogP contribution in [0.25, 0.3) is 10.9 Å². The molecule has 30 heavy (non-hydrogen) atoms. The van der Waals surface area contributed by atoms with Crippen LogP contribution < -0.4 is 21.6 Å². The van der Waals surface area contributed by atoms with Crippen molar-refractivity contribution in [2.45, 2.75) is 45.2 Å². The topological polar surface area (TPSA) is 101 Å². The van der Waals surface area contributed by atoms with E-state index in [2.05, 4.69) is 15.2 Å². The van der Waals surface area contributed by atoms with E-state index in [4.69, 9.17) is 10.2 Å². The molecule has 7 heteroatoms. The number of hydrogen-bond donors (Lipinski definition) is 2. The fourth-order valence-corrected chi connectivity index (χ4v) is 4.29. The standard InChI is InChI=1S/C23H26N4O3/c1-14-19(27-12-6-9-17(27)13-20(24)28)11-10-18-21(14)22(29)30-23(26-18)25-15(2)16-7-4-3-5-8-16/h3-5,7-8,10-11,15,17H,6,9,12-13H2,1-2H3,(H2,24,28)(H,25,26)/t15-,17?/m1/s1. The molecular weight excluding hydrogens is 380 g/mol. The molecule has 0 spiro atoms. The lowest BCUT2D eigenvalue weighted by molar-refractivity contribution is -0.118. The van der Waals surface area contributed by atoms with E-state index in [9.17, 15) is 9.59 Å². The van der Waals surface area contributed by atoms with Crippen molar-refractivity contribution < 1.29 is 9.21 Å². The Labute approximate surface area is 174 Å². The molecular formula is C23H26N4O3. The molecule has 1 aliphatic heterocycles. The van der Waals surface area contributed by atoms with Crippen LogP contribution in [0.2, 0.25) is 0 Å². The van der Waals surface area contributed by atoms with Crippen LogP contribution in [-0.2, 0) is 4.79 Å². The summed E-state index contributed by atoms with van der Waals surface area (Å²) in [5, 5.41) is 3.64. The first kappa shape index (κ1) is 19.9. The van der Waals surface area contributed by atoms with Crippen molar-refractivity contribution in [2.75, 3.05) is 16.8 Å². The number of rotatable bonds is 6. The van der Waals surface area contributed by atoms with Crippen LogP contribution in [0.4, 0.5) is 11.7 Å². The smallest absolute Gasteiger partial charge is 0.348 e. The van der Waals surface area contributed by atoms with Crippen molar-refractivity contribution in [1.82, 2.24) is 4.98 Å². The van der Waals surface area contributed by atoms with E-state index < -0.39 is 5.63 Å². The summed E-state index contributed by atoms with van der Waals surface area (Å²) in [6.45, 7) is 4.72. The van der Waals surface area contributed by atoms with Gasteiger partial charge in [-0.1, -0.05) is 30.3 Å². The molecule has 1 amide bonds. The number of carbonyl (C=O) groups excluding carboxylic acids is 1. The molecule has 7 nitrogen and oxygen atoms in total. The van der Waals surface area contributed by atoms with Gasteiger partial charge in [0, 0.05) is 24.7 Å². The number of benzene rings is 2. The van der Waals surface area contributed by atoms with Crippen LogP contribution in [0.3, 0.4) is 0 Å². The summed E-state index contributed by atoms with van der Waals surface area (Å²) >= 11 is 0. The highest BCUT2D eigenvalue weighted by Gasteiger charge is 2.28. The Balaban J connectivity index is 1.66. The molecule has 1 saturated heterocycles. The Morgan fingerprint density at radius 1 is 1.30 bits per heavy atom. The molecule has 1 aromatic heterocycles. The van der Waals surface area contributed by atoms with Gasteiger partial charge in [-0.2, -0.15) is 4.98 Å². The average Bonchev–Trinajstić information content (AvgIpc) is 3.15. The maximum Gasteiger partial charge on any atom is 0.348 e. The quantitative estimate of drug-likeness (QED) is 0.650. The lowest BCUT2D eigenvalue weighted by Crippen LogP contribution is -2.33. The average molecular weight is 406 g/mol. The number of nitrogens with zero attached hydrogens (tertiary/aromatic N) is 2. The third-order valence-electron chi connectivity index (χ3n) is 5.79. The highest BCUT2D eigenvalue weighted by Crippen LogP contribution is 2.33. The first-order chi connectivity index (χ1) is 14.4. The molecule has 2 aromatic carbocycles. The molecule has 0 saturated carbocycles. The van der Waals surface area contributed by atoms with Crippen LogP contribution in [0.15, 0.2) is 51.7 Å². The van der Waals surface area contributed by atoms with Gasteiger partial charge < -0.3 is 20.4 Å². The summed E-state index contributed by atoms with van der Waals surface area (Å²) < 4.78 is 5.50. The van der Waals surface area contributed by atoms with Gasteiger partial charge in [0.15, 0.2) is 0 Å². The molecule has 3 aromatic rings. The minimum Gasteiger partial charge on any atom is -0.389 e. The molecule has 0 aliphatic carbocycles. The van der Waals surface area contributed by atoms with Crippen molar-refractivity contribution >= 4 is 28.5 Å². The van der Waals surface area contributed by atoms with E-state index in [0.717, 1.165) is 36.2 Å². The predicted molar refractivity (Wildman–Crippen MR) is 118 cm³/mol. The van der Waals surface area contributed by atoms with E-state index in [0.29, 0.717) is 17.3 Å². The Bertz CT molecular complexity index is 1130. The fraction of sp³-hybridized carbons (Fsp3) is 0.348. The largest absolute Gasteiger partial charge is 0.389 e. The second kappa shape index (κ2) is 8.18. The number of hydrogen-bond acceptors (Lipinski definition) is 6. The maximum absolute atomic E-state index is 12.8. The molecule has 1 aliphatic rings. The highest BCUT2D eigenvalue weighted by atomic mass is 16.4. The van der Waals surface area contributed by atoms with Crippen molar-refractivity contribution in [1.29, 1.82) is 0 Å². The summed E-state index contributed by atoms with van der Waals surface area (Å²) in [7, 11) is 0. The molecule has 156 valence electrons. The monoisotopic (exact) mass is 406 g/mol. The van der Waals surface area contributed by atoms with E-state index >= 15 is 0 Å². The summed E-state index contributed by atoms with van der Waals surface area (Å²) in [6, 6.07) is 13.9. The van der Waals surface area contributed by atoms with E-state index in [-0.39, 0.29) is 24.0 Å². The van der Waals surface area contributed by atoms with Crippen molar-refractivity contribution in [2.24, 2.45) is 5.73 Å². The van der Waals surface area contributed by atoms with Gasteiger partial charge in [0.1, 0.15) is 0 Å². The number of nitrogens with two attached hydrogens (primary N) is 1. The molecule has 0 bridgehead atoms. The number of carbonyl (C=O) groups is 1. The minimum absolute atomic E-state index is 0.0566. The minimum atomic E-state index is -0.423. The van der Waals surface area contributed by atoms with Gasteiger partial charge in [-0.15, -0.1) is 0 Å². The maximum atomic E-state index is 12.8. The van der Waals surface area contributed by atoms with Gasteiger partial charge in [-0.3, -0.25) is 4.79 Å². The highest BCUT2D eigenvalue weighted by molar-refractivity contribution is 5.87. The van der Waals surface area contributed by atoms with Crippen molar-refractivity contribution in [3.8, 4) is 0 Å². The zero-order valence-corrected chi connectivity index (χ0v) is 17.2. The lowest BCUT2D eigenvalue weighted by Gasteiger charge is -2.28. The van der Waals surface area contributed by atoms with Crippen LogP contribution in [0.5, 0.6) is 0 Å². The third-order valence-corrected chi connectivity index (χ3v) is 5.79. The van der Waals surface area contributed by atoms with E-state index in [1.165, 1.54) is 0 Å². The Kier molecular flexibility index (Phi) is 5.44. The molecule has 1 fully saturated rings. The second-order valence-electron chi connectivity index (χ2n) is 7.85. The first-order valence-corrected chi connectivity index (χ1v) is 10.2. The zero-order chi connectivity index (χ0) is 21.3. The lowest BCUT2D eigenvalue weighted by atomic mass is 10.1. The van der Waals surface area contributed by atoms with Crippen LogP contribution in [0.1, 0.15) is 43.4 Å². The van der Waals surface area contributed by atoms with Gasteiger partial charge in [-0.05, 0) is 49.9 Å². The van der Waals surface area contributed by atoms with Gasteiger partial charge in [0.25, 0.3) is 6.01 Å². The second-order valence-corrected chi connectivity index (χ2v) is 7.85. The summed E-state index contributed by atoms with van der Waals surface area (Å²) in [6.07, 6.45) is 2.21. The summed E-state index contributed by atoms with van der Waals surface area (Å²) in [4.78, 5) is 30.9. The number of aryl methyl sites for hydroxylation is 1. The summed E-state index contributed by atoms with van der Waals surface area (Å²) in [5.41, 5.74) is 8.39. The van der Waals surface area contributed by atoms with Gasteiger partial charge >= 0.3 is 5.63 Å². The molecule has 0 radical (unpaired) electrons. The molecule has 2 heterocycles. The fourth-order valence-electron chi connectivity index (χ4n) is 4.29. The van der Waals surface area contributed by atoms with Crippen molar-refractivity contribution in [3.05, 3.63) is 64.0 Å². The molecule has 3 N–H and O–H groups in total. The Hall–Kier alpha value is -3.35. The first-order valence-electron chi connectivity index (χ1n) is 10.2. The van der Waals surface area contributed by atoms with Gasteiger partial charge in [0.2, 0.25) is 5.91 Å². The normalized spacial score (nSPS) is 17.3. The van der Waals surface area contributed by atoms with Crippen LogP contribution >= 0.6 is 0 Å². The number of aromatic nitrogens is 1. The Morgan fingerprint density at radius 2 is 2.07 bits per heavy atom. The molecule has 1 unspecified atom stereocenters. The van der Waals surface area contributed by atoms with Crippen LogP contribution in [0, 0.1) is 6.92 Å². The third kappa shape index (κ3) is 3.87. The predicted octanol–water partition coefficient (Wildman–Crippen LogP) is 3.51. The number of fused-ring (bicyclic) bond motifs is 1. The van der Waals surface area contributed by atoms with E-state index in [1.54, 1.807) is 0 Å². The molecule has 4 rings (SSSR count). The number of anilines is 2. The van der Waals surface area contributed by atoms with E-state index in [1.807, 2.05) is 56.3 Å². The number of nitrogens with one attached hydrogen (secondary N) is 1. The number of primary amides is 1. The van der Waals surface area contributed by atoms with Gasteiger partial charge in [-0.25, -0.2) is 4.79 Å². The van der Waals surface area contributed by atoms with Gasteiger partial charge in [0.05, 0.1) is 16.9 Å². The summed E-state index contributed by atoms with van der Waals surface area (Å²) in [5.74, 6) is -0.310. The van der Waals surface area contributed by atoms with Crippen LogP contribution in [-0.4, -0.2) is 23.5 Å². The number of amides is 1.